The molecule has 7 heteroatoms. The van der Waals surface area contributed by atoms with Gasteiger partial charge in [0.2, 0.25) is 0 Å². The molecule has 1 heterocycles. The van der Waals surface area contributed by atoms with E-state index in [1.165, 1.54) is 18.2 Å². The lowest BCUT2D eigenvalue weighted by atomic mass is 10.1. The molecule has 4 rings (SSSR count). The highest BCUT2D eigenvalue weighted by Crippen LogP contribution is 2.31. The summed E-state index contributed by atoms with van der Waals surface area (Å²) in [5, 5.41) is 2.69. The number of nitrogens with zero attached hydrogens (tertiary/aromatic N) is 1. The van der Waals surface area contributed by atoms with Crippen LogP contribution in [0.15, 0.2) is 60.7 Å². The second-order valence-electron chi connectivity index (χ2n) is 8.33. The van der Waals surface area contributed by atoms with E-state index in [2.05, 4.69) is 5.32 Å². The van der Waals surface area contributed by atoms with Gasteiger partial charge in [-0.2, -0.15) is 0 Å². The molecule has 0 unspecified atom stereocenters. The zero-order chi connectivity index (χ0) is 24.4. The Morgan fingerprint density at radius 2 is 1.50 bits per heavy atom. The van der Waals surface area contributed by atoms with Crippen LogP contribution in [-0.2, 0) is 16.1 Å². The molecule has 0 bridgehead atoms. The molecule has 3 aromatic carbocycles. The summed E-state index contributed by atoms with van der Waals surface area (Å²) in [5.74, 6) is -2.13. The zero-order valence-electron chi connectivity index (χ0n) is 19.2. The van der Waals surface area contributed by atoms with Gasteiger partial charge in [-0.25, -0.2) is 9.69 Å². The molecule has 0 saturated heterocycles. The van der Waals surface area contributed by atoms with Crippen LogP contribution in [0.4, 0.5) is 5.69 Å². The SMILES string of the molecule is Cc1ccc(CNC(=O)COC(=O)c2ccc3c(c2)C(=O)N(c2cc(C)ccc2C)C3=O)cc1. The first-order valence-corrected chi connectivity index (χ1v) is 10.8. The molecular weight excluding hydrogens is 432 g/mol. The third-order valence-electron chi connectivity index (χ3n) is 5.67. The van der Waals surface area contributed by atoms with Crippen LogP contribution in [0, 0.1) is 20.8 Å². The van der Waals surface area contributed by atoms with E-state index in [0.29, 0.717) is 12.2 Å². The number of anilines is 1. The Hall–Kier alpha value is -4.26. The van der Waals surface area contributed by atoms with E-state index in [1.807, 2.05) is 57.2 Å². The average Bonchev–Trinajstić information content (AvgIpc) is 3.08. The van der Waals surface area contributed by atoms with Gasteiger partial charge < -0.3 is 10.1 Å². The molecule has 1 N–H and O–H groups in total. The van der Waals surface area contributed by atoms with Crippen molar-refractivity contribution < 1.29 is 23.9 Å². The highest BCUT2D eigenvalue weighted by Gasteiger charge is 2.38. The summed E-state index contributed by atoms with van der Waals surface area (Å²) in [4.78, 5) is 51.6. The number of carbonyl (C=O) groups is 4. The Labute approximate surface area is 197 Å². The second kappa shape index (κ2) is 9.31. The maximum absolute atomic E-state index is 13.0. The van der Waals surface area contributed by atoms with Gasteiger partial charge in [-0.3, -0.25) is 14.4 Å². The van der Waals surface area contributed by atoms with Gasteiger partial charge in [-0.15, -0.1) is 0 Å². The first-order chi connectivity index (χ1) is 16.2. The van der Waals surface area contributed by atoms with E-state index in [9.17, 15) is 19.2 Å². The molecule has 0 aliphatic carbocycles. The number of ether oxygens (including phenoxy) is 1. The van der Waals surface area contributed by atoms with Gasteiger partial charge in [-0.1, -0.05) is 42.0 Å². The number of fused-ring (bicyclic) bond motifs is 1. The molecule has 1 aliphatic rings. The highest BCUT2D eigenvalue weighted by molar-refractivity contribution is 6.35. The summed E-state index contributed by atoms with van der Waals surface area (Å²) in [7, 11) is 0. The summed E-state index contributed by atoms with van der Waals surface area (Å²) in [5.41, 5.74) is 4.71. The van der Waals surface area contributed by atoms with Crippen molar-refractivity contribution >= 4 is 29.4 Å². The second-order valence-corrected chi connectivity index (χ2v) is 8.33. The molecular formula is C27H24N2O5. The Kier molecular flexibility index (Phi) is 6.27. The number of hydrogen-bond acceptors (Lipinski definition) is 5. The van der Waals surface area contributed by atoms with Crippen molar-refractivity contribution in [3.8, 4) is 0 Å². The number of hydrogen-bond donors (Lipinski definition) is 1. The monoisotopic (exact) mass is 456 g/mol. The molecule has 34 heavy (non-hydrogen) atoms. The first-order valence-electron chi connectivity index (χ1n) is 10.8. The number of esters is 1. The number of benzene rings is 3. The summed E-state index contributed by atoms with van der Waals surface area (Å²) >= 11 is 0. The maximum Gasteiger partial charge on any atom is 0.338 e. The number of rotatable bonds is 6. The van der Waals surface area contributed by atoms with Crippen LogP contribution in [-0.4, -0.2) is 30.3 Å². The molecule has 0 radical (unpaired) electrons. The van der Waals surface area contributed by atoms with Crippen molar-refractivity contribution in [3.63, 3.8) is 0 Å². The van der Waals surface area contributed by atoms with Gasteiger partial charge in [0.05, 0.1) is 22.4 Å². The topological polar surface area (TPSA) is 92.8 Å². The molecule has 0 saturated carbocycles. The number of nitrogens with one attached hydrogen (secondary N) is 1. The van der Waals surface area contributed by atoms with Crippen molar-refractivity contribution in [1.82, 2.24) is 5.32 Å². The van der Waals surface area contributed by atoms with Crippen molar-refractivity contribution in [2.24, 2.45) is 0 Å². The summed E-state index contributed by atoms with van der Waals surface area (Å²) in [6.07, 6.45) is 0. The van der Waals surface area contributed by atoms with Gasteiger partial charge in [0.25, 0.3) is 17.7 Å². The first kappa shape index (κ1) is 22.9. The van der Waals surface area contributed by atoms with Gasteiger partial charge >= 0.3 is 5.97 Å². The molecule has 7 nitrogen and oxygen atoms in total. The van der Waals surface area contributed by atoms with E-state index in [-0.39, 0.29) is 16.7 Å². The average molecular weight is 456 g/mol. The smallest absolute Gasteiger partial charge is 0.338 e. The maximum atomic E-state index is 13.0. The van der Waals surface area contributed by atoms with Crippen molar-refractivity contribution in [1.29, 1.82) is 0 Å². The normalized spacial score (nSPS) is 12.5. The Bertz CT molecular complexity index is 1310. The van der Waals surface area contributed by atoms with Gasteiger partial charge in [0, 0.05) is 6.54 Å². The molecule has 0 atom stereocenters. The van der Waals surface area contributed by atoms with E-state index >= 15 is 0 Å². The van der Waals surface area contributed by atoms with Crippen LogP contribution in [0.25, 0.3) is 0 Å². The van der Waals surface area contributed by atoms with Gasteiger partial charge in [0.15, 0.2) is 6.61 Å². The molecule has 0 spiro atoms. The van der Waals surface area contributed by atoms with Crippen LogP contribution < -0.4 is 10.2 Å². The predicted molar refractivity (Wildman–Crippen MR) is 127 cm³/mol. The molecule has 3 amide bonds. The third kappa shape index (κ3) is 4.59. The molecule has 1 aliphatic heterocycles. The van der Waals surface area contributed by atoms with E-state index in [1.54, 1.807) is 6.07 Å². The minimum atomic E-state index is -0.751. The van der Waals surface area contributed by atoms with Gasteiger partial charge in [-0.05, 0) is 61.7 Å². The molecule has 0 fully saturated rings. The van der Waals surface area contributed by atoms with Crippen LogP contribution in [0.3, 0.4) is 0 Å². The van der Waals surface area contributed by atoms with Crippen LogP contribution in [0.1, 0.15) is 53.3 Å². The van der Waals surface area contributed by atoms with Crippen LogP contribution in [0.5, 0.6) is 0 Å². The zero-order valence-corrected chi connectivity index (χ0v) is 19.2. The fraction of sp³-hybridized carbons (Fsp3) is 0.185. The van der Waals surface area contributed by atoms with Crippen molar-refractivity contribution in [2.75, 3.05) is 11.5 Å². The Balaban J connectivity index is 1.42. The predicted octanol–water partition coefficient (Wildman–Crippen LogP) is 3.89. The van der Waals surface area contributed by atoms with Gasteiger partial charge in [0.1, 0.15) is 0 Å². The Morgan fingerprint density at radius 3 is 2.24 bits per heavy atom. The Morgan fingerprint density at radius 1 is 0.824 bits per heavy atom. The minimum Gasteiger partial charge on any atom is -0.452 e. The third-order valence-corrected chi connectivity index (χ3v) is 5.67. The fourth-order valence-corrected chi connectivity index (χ4v) is 3.72. The van der Waals surface area contributed by atoms with Crippen LogP contribution in [0.2, 0.25) is 0 Å². The number of amides is 3. The number of carbonyl (C=O) groups excluding carboxylic acids is 4. The van der Waals surface area contributed by atoms with Crippen molar-refractivity contribution in [2.45, 2.75) is 27.3 Å². The number of aryl methyl sites for hydroxylation is 3. The lowest BCUT2D eigenvalue weighted by Crippen LogP contribution is -2.30. The molecule has 0 aromatic heterocycles. The lowest BCUT2D eigenvalue weighted by Gasteiger charge is -2.17. The van der Waals surface area contributed by atoms with E-state index in [4.69, 9.17) is 4.74 Å². The molecule has 172 valence electrons. The lowest BCUT2D eigenvalue weighted by molar-refractivity contribution is -0.124. The highest BCUT2D eigenvalue weighted by atomic mass is 16.5. The van der Waals surface area contributed by atoms with Crippen molar-refractivity contribution in [3.05, 3.63) is 99.6 Å². The quantitative estimate of drug-likeness (QED) is 0.449. The largest absolute Gasteiger partial charge is 0.452 e. The summed E-state index contributed by atoms with van der Waals surface area (Å²) in [6.45, 7) is 5.55. The van der Waals surface area contributed by atoms with Crippen LogP contribution >= 0.6 is 0 Å². The molecule has 3 aromatic rings. The fourth-order valence-electron chi connectivity index (χ4n) is 3.72. The summed E-state index contributed by atoms with van der Waals surface area (Å²) in [6, 6.07) is 17.4. The van der Waals surface area contributed by atoms with E-state index < -0.39 is 30.3 Å². The standard InChI is InChI=1S/C27H24N2O5/c1-16-5-8-19(9-6-16)14-28-24(30)15-34-27(33)20-10-11-21-22(13-20)26(32)29(25(21)31)23-12-17(2)4-7-18(23)3/h4-13H,14-15H2,1-3H3,(H,28,30). The van der Waals surface area contributed by atoms with E-state index in [0.717, 1.165) is 27.2 Å². The number of imide groups is 1. The minimum absolute atomic E-state index is 0.0917. The summed E-state index contributed by atoms with van der Waals surface area (Å²) < 4.78 is 5.10.